The Hall–Kier alpha value is -4.84. The van der Waals surface area contributed by atoms with Gasteiger partial charge in [-0.3, -0.25) is 24.0 Å². The number of rotatable bonds is 8. The number of esters is 4. The van der Waals surface area contributed by atoms with Gasteiger partial charge >= 0.3 is 23.9 Å². The predicted octanol–water partition coefficient (Wildman–Crippen LogP) is 2.71. The molecule has 12 heteroatoms. The van der Waals surface area contributed by atoms with Crippen LogP contribution in [0, 0.1) is 0 Å². The zero-order valence-corrected chi connectivity index (χ0v) is 23.4. The SMILES string of the molecule is CC(=O)OCC1OC(OC(C)=O)C(NC(=O)c2cc(-c3ccccc3)nc3ccccc23)C(OC(C)=O)C1OC(C)=O. The van der Waals surface area contributed by atoms with E-state index >= 15 is 0 Å². The van der Waals surface area contributed by atoms with Gasteiger partial charge in [0, 0.05) is 38.6 Å². The third-order valence-corrected chi connectivity index (χ3v) is 6.31. The third kappa shape index (κ3) is 7.26. The van der Waals surface area contributed by atoms with Crippen LogP contribution in [-0.2, 0) is 42.9 Å². The molecule has 0 radical (unpaired) electrons. The van der Waals surface area contributed by atoms with Crippen LogP contribution in [0.25, 0.3) is 22.2 Å². The molecule has 1 aliphatic heterocycles. The normalized spacial score (nSPS) is 21.6. The summed E-state index contributed by atoms with van der Waals surface area (Å²) in [5.41, 5.74) is 2.09. The molecule has 1 N–H and O–H groups in total. The van der Waals surface area contributed by atoms with Crippen LogP contribution in [0.15, 0.2) is 60.7 Å². The fraction of sp³-hybridized carbons (Fsp3) is 0.333. The Morgan fingerprint density at radius 1 is 0.786 bits per heavy atom. The van der Waals surface area contributed by atoms with Gasteiger partial charge in [0.2, 0.25) is 6.29 Å². The summed E-state index contributed by atoms with van der Waals surface area (Å²) in [6, 6.07) is 16.6. The molecule has 1 aromatic heterocycles. The average Bonchev–Trinajstić information content (AvgIpc) is 2.94. The van der Waals surface area contributed by atoms with E-state index in [2.05, 4.69) is 5.32 Å². The van der Waals surface area contributed by atoms with Crippen LogP contribution >= 0.6 is 0 Å². The van der Waals surface area contributed by atoms with Crippen molar-refractivity contribution in [1.82, 2.24) is 10.3 Å². The van der Waals surface area contributed by atoms with Crippen molar-refractivity contribution >= 4 is 40.7 Å². The van der Waals surface area contributed by atoms with E-state index < -0.39 is 67.0 Å². The van der Waals surface area contributed by atoms with Crippen LogP contribution in [0.2, 0.25) is 0 Å². The van der Waals surface area contributed by atoms with E-state index in [4.69, 9.17) is 28.7 Å². The van der Waals surface area contributed by atoms with Crippen molar-refractivity contribution in [2.75, 3.05) is 6.61 Å². The predicted molar refractivity (Wildman–Crippen MR) is 147 cm³/mol. The van der Waals surface area contributed by atoms with E-state index in [9.17, 15) is 24.0 Å². The first-order valence-corrected chi connectivity index (χ1v) is 13.1. The molecule has 2 aromatic carbocycles. The van der Waals surface area contributed by atoms with E-state index in [-0.39, 0.29) is 5.56 Å². The van der Waals surface area contributed by atoms with Gasteiger partial charge in [0.15, 0.2) is 12.2 Å². The van der Waals surface area contributed by atoms with Gasteiger partial charge in [0.1, 0.15) is 18.8 Å². The highest BCUT2D eigenvalue weighted by molar-refractivity contribution is 6.07. The molecule has 1 saturated heterocycles. The first-order chi connectivity index (χ1) is 20.0. The molecule has 5 atom stereocenters. The standard InChI is InChI=1S/C30H30N2O10/c1-16(33)38-15-25-27(39-17(2)34)28(40-18(3)35)26(30(42-25)41-19(4)36)32-29(37)22-14-24(20-10-6-5-7-11-20)31-23-13-9-8-12-21(22)23/h5-14,25-28,30H,15H2,1-4H3,(H,32,37). The number of aromatic nitrogens is 1. The number of carbonyl (C=O) groups excluding carboxylic acids is 5. The van der Waals surface area contributed by atoms with Crippen molar-refractivity contribution in [1.29, 1.82) is 0 Å². The summed E-state index contributed by atoms with van der Waals surface area (Å²) in [7, 11) is 0. The molecule has 3 aromatic rings. The molecule has 12 nitrogen and oxygen atoms in total. The highest BCUT2D eigenvalue weighted by Gasteiger charge is 2.52. The molecule has 4 rings (SSSR count). The first-order valence-electron chi connectivity index (χ1n) is 13.1. The molecule has 0 saturated carbocycles. The Labute approximate surface area is 241 Å². The van der Waals surface area contributed by atoms with Crippen molar-refractivity contribution in [3.8, 4) is 11.3 Å². The quantitative estimate of drug-likeness (QED) is 0.310. The zero-order valence-electron chi connectivity index (χ0n) is 23.4. The van der Waals surface area contributed by atoms with Crippen LogP contribution in [0.5, 0.6) is 0 Å². The molecule has 5 unspecified atom stereocenters. The highest BCUT2D eigenvalue weighted by atomic mass is 16.7. The van der Waals surface area contributed by atoms with Gasteiger partial charge in [0.25, 0.3) is 5.91 Å². The lowest BCUT2D eigenvalue weighted by atomic mass is 9.95. The number of ether oxygens (including phenoxy) is 5. The Kier molecular flexibility index (Phi) is 9.48. The molecule has 1 amide bonds. The summed E-state index contributed by atoms with van der Waals surface area (Å²) in [6.07, 6.45) is -5.44. The van der Waals surface area contributed by atoms with Gasteiger partial charge in [-0.1, -0.05) is 48.5 Å². The van der Waals surface area contributed by atoms with E-state index in [1.165, 1.54) is 6.92 Å². The Balaban J connectivity index is 1.78. The minimum atomic E-state index is -1.51. The molecule has 220 valence electrons. The lowest BCUT2D eigenvalue weighted by Crippen LogP contribution is -2.67. The number of nitrogens with zero attached hydrogens (tertiary/aromatic N) is 1. The summed E-state index contributed by atoms with van der Waals surface area (Å²) in [6.45, 7) is 4.14. The second-order valence-electron chi connectivity index (χ2n) is 9.54. The van der Waals surface area contributed by atoms with Gasteiger partial charge in [-0.15, -0.1) is 0 Å². The Bertz CT molecular complexity index is 1490. The number of benzene rings is 2. The van der Waals surface area contributed by atoms with Crippen LogP contribution in [0.4, 0.5) is 0 Å². The van der Waals surface area contributed by atoms with Gasteiger partial charge in [0.05, 0.1) is 16.8 Å². The Morgan fingerprint density at radius 3 is 2.05 bits per heavy atom. The molecule has 2 heterocycles. The third-order valence-electron chi connectivity index (χ3n) is 6.31. The fourth-order valence-corrected chi connectivity index (χ4v) is 4.67. The molecule has 0 bridgehead atoms. The first kappa shape index (κ1) is 30.1. The highest BCUT2D eigenvalue weighted by Crippen LogP contribution is 2.30. The lowest BCUT2D eigenvalue weighted by Gasteiger charge is -2.44. The summed E-state index contributed by atoms with van der Waals surface area (Å²) < 4.78 is 27.3. The van der Waals surface area contributed by atoms with Crippen molar-refractivity contribution in [2.45, 2.75) is 58.3 Å². The number of pyridine rings is 1. The second kappa shape index (κ2) is 13.2. The van der Waals surface area contributed by atoms with E-state index in [1.54, 1.807) is 30.3 Å². The van der Waals surface area contributed by atoms with Gasteiger partial charge in [-0.2, -0.15) is 0 Å². The molecule has 42 heavy (non-hydrogen) atoms. The van der Waals surface area contributed by atoms with Crippen molar-refractivity contribution in [3.63, 3.8) is 0 Å². The number of fused-ring (bicyclic) bond motifs is 1. The van der Waals surface area contributed by atoms with Crippen molar-refractivity contribution in [2.24, 2.45) is 0 Å². The molecular formula is C30H30N2O10. The summed E-state index contributed by atoms with van der Waals surface area (Å²) in [4.78, 5) is 66.5. The maximum atomic E-state index is 13.9. The summed E-state index contributed by atoms with van der Waals surface area (Å²) in [5.74, 6) is -3.57. The van der Waals surface area contributed by atoms with E-state index in [0.29, 0.717) is 16.6 Å². The summed E-state index contributed by atoms with van der Waals surface area (Å²) >= 11 is 0. The smallest absolute Gasteiger partial charge is 0.305 e. The zero-order chi connectivity index (χ0) is 30.4. The number of hydrogen-bond donors (Lipinski definition) is 1. The maximum Gasteiger partial charge on any atom is 0.305 e. The van der Waals surface area contributed by atoms with Crippen LogP contribution in [0.3, 0.4) is 0 Å². The molecule has 0 aliphatic carbocycles. The second-order valence-corrected chi connectivity index (χ2v) is 9.54. The van der Waals surface area contributed by atoms with Gasteiger partial charge in [-0.05, 0) is 12.1 Å². The lowest BCUT2D eigenvalue weighted by molar-refractivity contribution is -0.270. The number of nitrogens with one attached hydrogen (secondary N) is 1. The number of carbonyl (C=O) groups is 5. The maximum absolute atomic E-state index is 13.9. The van der Waals surface area contributed by atoms with E-state index in [0.717, 1.165) is 26.3 Å². The minimum absolute atomic E-state index is 0.230. The monoisotopic (exact) mass is 578 g/mol. The minimum Gasteiger partial charge on any atom is -0.463 e. The van der Waals surface area contributed by atoms with Gasteiger partial charge < -0.3 is 29.0 Å². The largest absolute Gasteiger partial charge is 0.463 e. The van der Waals surface area contributed by atoms with Crippen molar-refractivity contribution in [3.05, 3.63) is 66.2 Å². The number of hydrogen-bond acceptors (Lipinski definition) is 11. The van der Waals surface area contributed by atoms with Crippen LogP contribution in [0.1, 0.15) is 38.1 Å². The molecule has 0 spiro atoms. The number of para-hydroxylation sites is 1. The topological polar surface area (TPSA) is 156 Å². The number of amides is 1. The average molecular weight is 579 g/mol. The fourth-order valence-electron chi connectivity index (χ4n) is 4.67. The van der Waals surface area contributed by atoms with E-state index in [1.807, 2.05) is 30.3 Å². The molecule has 1 aliphatic rings. The van der Waals surface area contributed by atoms with Crippen LogP contribution in [-0.4, -0.2) is 72.0 Å². The molecular weight excluding hydrogens is 548 g/mol. The van der Waals surface area contributed by atoms with Crippen molar-refractivity contribution < 1.29 is 47.7 Å². The van der Waals surface area contributed by atoms with Crippen LogP contribution < -0.4 is 5.32 Å². The molecule has 1 fully saturated rings. The van der Waals surface area contributed by atoms with Gasteiger partial charge in [-0.25, -0.2) is 4.98 Å². The summed E-state index contributed by atoms with van der Waals surface area (Å²) in [5, 5.41) is 3.29. The Morgan fingerprint density at radius 2 is 1.40 bits per heavy atom.